The second-order valence-corrected chi connectivity index (χ2v) is 8.79. The minimum Gasteiger partial charge on any atom is -0.313 e. The summed E-state index contributed by atoms with van der Waals surface area (Å²) >= 11 is 2.18. The fourth-order valence-corrected chi connectivity index (χ4v) is 5.23. The van der Waals surface area contributed by atoms with Gasteiger partial charge in [-0.15, -0.1) is 0 Å². The van der Waals surface area contributed by atoms with E-state index in [9.17, 15) is 0 Å². The highest BCUT2D eigenvalue weighted by atomic mass is 32.2. The van der Waals surface area contributed by atoms with Crippen molar-refractivity contribution >= 4 is 11.8 Å². The second kappa shape index (κ2) is 7.51. The van der Waals surface area contributed by atoms with Gasteiger partial charge in [-0.2, -0.15) is 11.8 Å². The summed E-state index contributed by atoms with van der Waals surface area (Å²) in [6, 6.07) is 0.720. The molecule has 0 spiro atoms. The molecule has 1 saturated heterocycles. The van der Waals surface area contributed by atoms with Crippen LogP contribution in [0.2, 0.25) is 0 Å². The average molecular weight is 299 g/mol. The Balaban J connectivity index is 1.90. The van der Waals surface area contributed by atoms with E-state index in [1.54, 1.807) is 0 Å². The first-order chi connectivity index (χ1) is 9.56. The molecule has 2 rings (SSSR count). The van der Waals surface area contributed by atoms with E-state index in [0.717, 1.165) is 17.2 Å². The summed E-state index contributed by atoms with van der Waals surface area (Å²) in [4.78, 5) is 2.75. The van der Waals surface area contributed by atoms with Crippen molar-refractivity contribution in [2.45, 2.75) is 64.7 Å². The Morgan fingerprint density at radius 1 is 1.30 bits per heavy atom. The maximum Gasteiger partial charge on any atom is 0.0172 e. The van der Waals surface area contributed by atoms with Crippen LogP contribution in [-0.4, -0.2) is 48.1 Å². The van der Waals surface area contributed by atoms with Crippen LogP contribution in [0.5, 0.6) is 0 Å². The predicted molar refractivity (Wildman–Crippen MR) is 91.6 cm³/mol. The first-order valence-corrected chi connectivity index (χ1v) is 9.69. The van der Waals surface area contributed by atoms with Crippen molar-refractivity contribution in [3.8, 4) is 0 Å². The maximum atomic E-state index is 3.85. The van der Waals surface area contributed by atoms with Crippen molar-refractivity contribution in [2.75, 3.05) is 31.9 Å². The van der Waals surface area contributed by atoms with Gasteiger partial charge in [-0.1, -0.05) is 27.7 Å². The van der Waals surface area contributed by atoms with E-state index in [1.807, 2.05) is 0 Å². The van der Waals surface area contributed by atoms with Crippen LogP contribution in [0.25, 0.3) is 0 Å². The molecule has 0 aromatic rings. The lowest BCUT2D eigenvalue weighted by molar-refractivity contribution is 0.186. The minimum absolute atomic E-state index is 0.481. The molecule has 2 fully saturated rings. The molecule has 0 aromatic heterocycles. The minimum atomic E-state index is 0.481. The lowest BCUT2D eigenvalue weighted by Gasteiger charge is -2.37. The summed E-state index contributed by atoms with van der Waals surface area (Å²) < 4.78 is 0. The largest absolute Gasteiger partial charge is 0.313 e. The zero-order chi connectivity index (χ0) is 14.6. The Kier molecular flexibility index (Phi) is 6.25. The van der Waals surface area contributed by atoms with Gasteiger partial charge in [-0.3, -0.25) is 0 Å². The van der Waals surface area contributed by atoms with Gasteiger partial charge in [-0.25, -0.2) is 0 Å². The normalized spacial score (nSPS) is 34.5. The van der Waals surface area contributed by atoms with Gasteiger partial charge in [0.25, 0.3) is 0 Å². The third-order valence-corrected chi connectivity index (χ3v) is 6.63. The van der Waals surface area contributed by atoms with Gasteiger partial charge >= 0.3 is 0 Å². The SMILES string of the molecule is CCCNC1C(CN2CCSC(CC)C2)CCC1(C)C. The molecule has 1 aliphatic carbocycles. The molecule has 1 N–H and O–H groups in total. The Labute approximate surface area is 130 Å². The van der Waals surface area contributed by atoms with Gasteiger partial charge < -0.3 is 10.2 Å². The molecule has 3 heteroatoms. The van der Waals surface area contributed by atoms with E-state index >= 15 is 0 Å². The molecule has 0 aromatic carbocycles. The molecule has 2 nitrogen and oxygen atoms in total. The molecule has 0 amide bonds. The van der Waals surface area contributed by atoms with Crippen molar-refractivity contribution in [1.29, 1.82) is 0 Å². The number of hydrogen-bond donors (Lipinski definition) is 1. The Hall–Kier alpha value is 0.270. The van der Waals surface area contributed by atoms with Crippen molar-refractivity contribution in [3.63, 3.8) is 0 Å². The van der Waals surface area contributed by atoms with Gasteiger partial charge in [-0.05, 0) is 43.6 Å². The second-order valence-electron chi connectivity index (χ2n) is 7.38. The van der Waals surface area contributed by atoms with Crippen molar-refractivity contribution in [3.05, 3.63) is 0 Å². The molecule has 118 valence electrons. The standard InChI is InChI=1S/C17H34N2S/c1-5-9-18-16-14(7-8-17(16,3)4)12-19-10-11-20-15(6-2)13-19/h14-16,18H,5-13H2,1-4H3. The Bertz CT molecular complexity index is 293. The van der Waals surface area contributed by atoms with E-state index in [2.05, 4.69) is 49.7 Å². The highest BCUT2D eigenvalue weighted by molar-refractivity contribution is 8.00. The predicted octanol–water partition coefficient (Wildman–Crippen LogP) is 3.62. The summed E-state index contributed by atoms with van der Waals surface area (Å²) in [6.45, 7) is 14.7. The quantitative estimate of drug-likeness (QED) is 0.806. The number of nitrogens with one attached hydrogen (secondary N) is 1. The van der Waals surface area contributed by atoms with Crippen LogP contribution in [0.3, 0.4) is 0 Å². The molecule has 20 heavy (non-hydrogen) atoms. The van der Waals surface area contributed by atoms with Crippen molar-refractivity contribution in [2.24, 2.45) is 11.3 Å². The number of nitrogens with zero attached hydrogens (tertiary/aromatic N) is 1. The van der Waals surface area contributed by atoms with Crippen LogP contribution in [0.15, 0.2) is 0 Å². The summed E-state index contributed by atoms with van der Waals surface area (Å²) in [5, 5.41) is 4.73. The zero-order valence-corrected chi connectivity index (χ0v) is 14.8. The van der Waals surface area contributed by atoms with Crippen LogP contribution >= 0.6 is 11.8 Å². The fraction of sp³-hybridized carbons (Fsp3) is 1.00. The van der Waals surface area contributed by atoms with E-state index < -0.39 is 0 Å². The third kappa shape index (κ3) is 4.14. The molecule has 1 aliphatic heterocycles. The number of hydrogen-bond acceptors (Lipinski definition) is 3. The lowest BCUT2D eigenvalue weighted by Crippen LogP contribution is -2.48. The van der Waals surface area contributed by atoms with Crippen molar-refractivity contribution in [1.82, 2.24) is 10.2 Å². The Morgan fingerprint density at radius 2 is 2.10 bits per heavy atom. The van der Waals surface area contributed by atoms with Crippen LogP contribution in [0, 0.1) is 11.3 Å². The van der Waals surface area contributed by atoms with Gasteiger partial charge in [0.05, 0.1) is 0 Å². The molecular formula is C17H34N2S. The van der Waals surface area contributed by atoms with Gasteiger partial charge in [0, 0.05) is 36.7 Å². The zero-order valence-electron chi connectivity index (χ0n) is 14.0. The average Bonchev–Trinajstić information content (AvgIpc) is 2.72. The van der Waals surface area contributed by atoms with E-state index in [0.29, 0.717) is 5.41 Å². The van der Waals surface area contributed by atoms with Crippen molar-refractivity contribution < 1.29 is 0 Å². The summed E-state index contributed by atoms with van der Waals surface area (Å²) in [6.07, 6.45) is 5.38. The monoisotopic (exact) mass is 298 g/mol. The van der Waals surface area contributed by atoms with Crippen LogP contribution in [0.1, 0.15) is 53.4 Å². The van der Waals surface area contributed by atoms with E-state index in [4.69, 9.17) is 0 Å². The summed E-state index contributed by atoms with van der Waals surface area (Å²) in [7, 11) is 0. The fourth-order valence-electron chi connectivity index (χ4n) is 3.98. The lowest BCUT2D eigenvalue weighted by atomic mass is 9.84. The number of thioether (sulfide) groups is 1. The molecule has 1 heterocycles. The van der Waals surface area contributed by atoms with Crippen LogP contribution < -0.4 is 5.32 Å². The molecule has 3 unspecified atom stereocenters. The van der Waals surface area contributed by atoms with Gasteiger partial charge in [0.1, 0.15) is 0 Å². The molecular weight excluding hydrogens is 264 g/mol. The molecule has 0 bridgehead atoms. The third-order valence-electron chi connectivity index (χ3n) is 5.26. The molecule has 2 aliphatic rings. The van der Waals surface area contributed by atoms with E-state index in [-0.39, 0.29) is 0 Å². The van der Waals surface area contributed by atoms with Gasteiger partial charge in [0.15, 0.2) is 0 Å². The number of rotatable bonds is 6. The molecule has 0 radical (unpaired) electrons. The smallest absolute Gasteiger partial charge is 0.0172 e. The highest BCUT2D eigenvalue weighted by Crippen LogP contribution is 2.42. The maximum absolute atomic E-state index is 3.85. The highest BCUT2D eigenvalue weighted by Gasteiger charge is 2.42. The summed E-state index contributed by atoms with van der Waals surface area (Å²) in [5.41, 5.74) is 0.481. The van der Waals surface area contributed by atoms with Crippen LogP contribution in [-0.2, 0) is 0 Å². The van der Waals surface area contributed by atoms with Crippen LogP contribution in [0.4, 0.5) is 0 Å². The summed E-state index contributed by atoms with van der Waals surface area (Å²) in [5.74, 6) is 2.19. The molecule has 1 saturated carbocycles. The van der Waals surface area contributed by atoms with Gasteiger partial charge in [0.2, 0.25) is 0 Å². The van der Waals surface area contributed by atoms with E-state index in [1.165, 1.54) is 57.6 Å². The molecule has 3 atom stereocenters. The topological polar surface area (TPSA) is 15.3 Å². The Morgan fingerprint density at radius 3 is 2.80 bits per heavy atom. The first kappa shape index (κ1) is 16.6. The first-order valence-electron chi connectivity index (χ1n) is 8.64.